The standard InChI is InChI=1S/C30H35N5O6/c1-19-15-24-25(16-20(19)2)34(27-26(31-24)28(37)35(30(39)32-27)18-41-21(3)36)14-13-33-11-9-23(10-12-33)29(38)40-17-22-7-5-4-6-8-22/h4-8,15-16,23,30,39H,9-14,17-18H2,1-3H3. The molecule has 0 bridgehead atoms. The third-order valence-electron chi connectivity index (χ3n) is 7.75. The van der Waals surface area contributed by atoms with Gasteiger partial charge in [0.15, 0.2) is 18.3 Å². The summed E-state index contributed by atoms with van der Waals surface area (Å²) < 4.78 is 10.5. The number of aryl methyl sites for hydroxylation is 2. The summed E-state index contributed by atoms with van der Waals surface area (Å²) >= 11 is 0. The fourth-order valence-corrected chi connectivity index (χ4v) is 5.19. The summed E-state index contributed by atoms with van der Waals surface area (Å²) in [6.45, 7) is 7.72. The van der Waals surface area contributed by atoms with E-state index in [0.29, 0.717) is 31.6 Å². The zero-order valence-corrected chi connectivity index (χ0v) is 23.6. The Kier molecular flexibility index (Phi) is 8.46. The number of esters is 2. The highest BCUT2D eigenvalue weighted by molar-refractivity contribution is 6.70. The molecule has 0 spiro atoms. The second-order valence-electron chi connectivity index (χ2n) is 10.6. The molecule has 1 unspecified atom stereocenters. The number of nitrogens with zero attached hydrogens (tertiary/aromatic N) is 5. The van der Waals surface area contributed by atoms with Crippen molar-refractivity contribution in [1.82, 2.24) is 9.80 Å². The minimum Gasteiger partial charge on any atom is -0.461 e. The first-order chi connectivity index (χ1) is 19.7. The molecule has 3 heterocycles. The number of rotatable bonds is 8. The van der Waals surface area contributed by atoms with Gasteiger partial charge in [-0.3, -0.25) is 19.3 Å². The number of fused-ring (bicyclic) bond motifs is 2. The molecule has 2 aromatic carbocycles. The number of hydrogen-bond acceptors (Lipinski definition) is 10. The number of likely N-dealkylation sites (tertiary alicyclic amines) is 1. The molecule has 0 saturated carbocycles. The number of hydrogen-bond donors (Lipinski definition) is 1. The Balaban J connectivity index is 1.26. The van der Waals surface area contributed by atoms with E-state index >= 15 is 0 Å². The molecule has 1 atom stereocenters. The molecule has 0 aliphatic carbocycles. The van der Waals surface area contributed by atoms with Gasteiger partial charge in [-0.05, 0) is 68.6 Å². The molecule has 1 fully saturated rings. The van der Waals surface area contributed by atoms with Gasteiger partial charge in [-0.1, -0.05) is 30.3 Å². The summed E-state index contributed by atoms with van der Waals surface area (Å²) in [4.78, 5) is 51.4. The lowest BCUT2D eigenvalue weighted by Crippen LogP contribution is -2.57. The molecule has 1 amide bonds. The van der Waals surface area contributed by atoms with Gasteiger partial charge < -0.3 is 24.4 Å². The van der Waals surface area contributed by atoms with E-state index in [1.54, 1.807) is 0 Å². The number of aliphatic imine (C=N–C) groups is 2. The van der Waals surface area contributed by atoms with Crippen LogP contribution >= 0.6 is 0 Å². The van der Waals surface area contributed by atoms with Crippen LogP contribution in [-0.4, -0.2) is 83.6 Å². The summed E-state index contributed by atoms with van der Waals surface area (Å²) in [6.07, 6.45) is -0.0965. The highest BCUT2D eigenvalue weighted by atomic mass is 16.5. The number of aliphatic hydroxyl groups excluding tert-OH is 1. The average Bonchev–Trinajstić information content (AvgIpc) is 2.96. The largest absolute Gasteiger partial charge is 0.461 e. The minimum absolute atomic E-state index is 0.0954. The smallest absolute Gasteiger partial charge is 0.309 e. The summed E-state index contributed by atoms with van der Waals surface area (Å²) in [7, 11) is 0. The molecule has 11 nitrogen and oxygen atoms in total. The van der Waals surface area contributed by atoms with E-state index in [4.69, 9.17) is 9.47 Å². The Morgan fingerprint density at radius 2 is 1.73 bits per heavy atom. The van der Waals surface area contributed by atoms with Gasteiger partial charge in [0.2, 0.25) is 6.35 Å². The highest BCUT2D eigenvalue weighted by Crippen LogP contribution is 2.37. The first-order valence-corrected chi connectivity index (χ1v) is 13.8. The van der Waals surface area contributed by atoms with Gasteiger partial charge in [-0.15, -0.1) is 0 Å². The third kappa shape index (κ3) is 6.31. The minimum atomic E-state index is -1.51. The van der Waals surface area contributed by atoms with Crippen molar-refractivity contribution in [3.63, 3.8) is 0 Å². The number of carbonyl (C=O) groups is 3. The molecule has 216 valence electrons. The monoisotopic (exact) mass is 561 g/mol. The topological polar surface area (TPSA) is 124 Å². The second-order valence-corrected chi connectivity index (χ2v) is 10.6. The number of ether oxygens (including phenoxy) is 2. The molecule has 0 radical (unpaired) electrons. The van der Waals surface area contributed by atoms with Crippen LogP contribution in [0.15, 0.2) is 52.4 Å². The third-order valence-corrected chi connectivity index (χ3v) is 7.75. The van der Waals surface area contributed by atoms with Crippen LogP contribution < -0.4 is 4.90 Å². The molecule has 2 aromatic rings. The van der Waals surface area contributed by atoms with Crippen molar-refractivity contribution in [1.29, 1.82) is 0 Å². The summed E-state index contributed by atoms with van der Waals surface area (Å²) in [5, 5.41) is 10.7. The Morgan fingerprint density at radius 1 is 1.02 bits per heavy atom. The van der Waals surface area contributed by atoms with Crippen LogP contribution in [0.25, 0.3) is 0 Å². The van der Waals surface area contributed by atoms with Crippen molar-refractivity contribution in [3.8, 4) is 0 Å². The zero-order chi connectivity index (χ0) is 29.1. The van der Waals surface area contributed by atoms with Crippen molar-refractivity contribution >= 4 is 40.8 Å². The Hall–Kier alpha value is -4.09. The van der Waals surface area contributed by atoms with E-state index < -0.39 is 25.0 Å². The van der Waals surface area contributed by atoms with Crippen LogP contribution in [0.1, 0.15) is 36.5 Å². The SMILES string of the molecule is CC(=O)OCN1C(=O)C2=Nc3cc(C)c(C)cc3N(CCN3CCC(C(=O)OCc4ccccc4)CC3)C2=NC1O. The highest BCUT2D eigenvalue weighted by Gasteiger charge is 2.40. The van der Waals surface area contributed by atoms with Crippen molar-refractivity contribution in [3.05, 3.63) is 59.2 Å². The number of piperidine rings is 1. The lowest BCUT2D eigenvalue weighted by atomic mass is 9.97. The van der Waals surface area contributed by atoms with Crippen LogP contribution in [0.5, 0.6) is 0 Å². The summed E-state index contributed by atoms with van der Waals surface area (Å²) in [5.74, 6) is -1.14. The van der Waals surface area contributed by atoms with E-state index in [0.717, 1.165) is 40.4 Å². The Labute approximate surface area is 239 Å². The predicted octanol–water partition coefficient (Wildman–Crippen LogP) is 2.69. The molecular formula is C30H35N5O6. The van der Waals surface area contributed by atoms with Crippen molar-refractivity contribution in [2.75, 3.05) is 37.8 Å². The van der Waals surface area contributed by atoms with E-state index in [9.17, 15) is 19.5 Å². The number of amides is 1. The first kappa shape index (κ1) is 28.4. The van der Waals surface area contributed by atoms with E-state index in [1.165, 1.54) is 6.92 Å². The lowest BCUT2D eigenvalue weighted by Gasteiger charge is -2.39. The van der Waals surface area contributed by atoms with Gasteiger partial charge in [0, 0.05) is 20.0 Å². The van der Waals surface area contributed by atoms with Crippen LogP contribution in [0, 0.1) is 19.8 Å². The van der Waals surface area contributed by atoms with Gasteiger partial charge in [0.1, 0.15) is 6.61 Å². The maximum absolute atomic E-state index is 13.3. The molecule has 11 heteroatoms. The summed E-state index contributed by atoms with van der Waals surface area (Å²) in [6, 6.07) is 13.6. The van der Waals surface area contributed by atoms with Crippen LogP contribution in [0.4, 0.5) is 11.4 Å². The molecule has 0 aromatic heterocycles. The van der Waals surface area contributed by atoms with Crippen LogP contribution in [-0.2, 0) is 30.5 Å². The molecule has 1 saturated heterocycles. The fraction of sp³-hybridized carbons (Fsp3) is 0.433. The lowest BCUT2D eigenvalue weighted by molar-refractivity contribution is -0.157. The molecule has 3 aliphatic heterocycles. The van der Waals surface area contributed by atoms with Crippen molar-refractivity contribution < 1.29 is 29.0 Å². The Morgan fingerprint density at radius 3 is 2.44 bits per heavy atom. The van der Waals surface area contributed by atoms with E-state index in [2.05, 4.69) is 14.9 Å². The number of anilines is 1. The Bertz CT molecular complexity index is 1380. The molecular weight excluding hydrogens is 526 g/mol. The molecule has 3 aliphatic rings. The van der Waals surface area contributed by atoms with Gasteiger partial charge in [0.05, 0.1) is 17.3 Å². The second kappa shape index (κ2) is 12.2. The quantitative estimate of drug-likeness (QED) is 0.488. The number of aliphatic hydroxyl groups is 1. The van der Waals surface area contributed by atoms with Gasteiger partial charge in [-0.25, -0.2) is 9.98 Å². The van der Waals surface area contributed by atoms with Gasteiger partial charge in [0.25, 0.3) is 5.91 Å². The van der Waals surface area contributed by atoms with E-state index in [1.807, 2.05) is 61.2 Å². The van der Waals surface area contributed by atoms with Crippen LogP contribution in [0.3, 0.4) is 0 Å². The molecule has 5 rings (SSSR count). The zero-order valence-electron chi connectivity index (χ0n) is 23.6. The van der Waals surface area contributed by atoms with Crippen molar-refractivity contribution in [2.45, 2.75) is 46.6 Å². The number of carbonyl (C=O) groups excluding carboxylic acids is 3. The normalized spacial score (nSPS) is 19.2. The van der Waals surface area contributed by atoms with Crippen molar-refractivity contribution in [2.24, 2.45) is 15.9 Å². The summed E-state index contributed by atoms with van der Waals surface area (Å²) in [5.41, 5.74) is 4.62. The fourth-order valence-electron chi connectivity index (χ4n) is 5.19. The van der Waals surface area contributed by atoms with Crippen LogP contribution in [0.2, 0.25) is 0 Å². The maximum Gasteiger partial charge on any atom is 0.309 e. The average molecular weight is 562 g/mol. The number of benzene rings is 2. The predicted molar refractivity (Wildman–Crippen MR) is 153 cm³/mol. The maximum atomic E-state index is 13.3. The van der Waals surface area contributed by atoms with E-state index in [-0.39, 0.29) is 30.0 Å². The van der Waals surface area contributed by atoms with Gasteiger partial charge >= 0.3 is 11.9 Å². The van der Waals surface area contributed by atoms with Gasteiger partial charge in [-0.2, -0.15) is 0 Å². The molecule has 41 heavy (non-hydrogen) atoms. The molecule has 1 N–H and O–H groups in total. The number of amidine groups is 1. The first-order valence-electron chi connectivity index (χ1n) is 13.8.